The standard InChI is InChI=1S/C9H13NO.2Na.H3O4P.12H2O/c1-7(10)9(11)8-5-3-2-4-6-8;;;1-5(2,3)4;;;;;;;;;;;;/h2-7,9,11H,10H2,1H3;;;(H3,1,2,3,4);12*1H2/q;2*+1;;;;;;;;;;;;;/p-2/t7-,9-;;;;;;;;;;;;;;;/m1.............../s1. The third-order valence-electron chi connectivity index (χ3n) is 1.64. The Kier molecular flexibility index (Phi) is 209. The minimum atomic E-state index is -5.14. The first kappa shape index (κ1) is 110. The van der Waals surface area contributed by atoms with E-state index in [1.54, 1.807) is 6.92 Å². The van der Waals surface area contributed by atoms with Gasteiger partial charge in [0.05, 0.1) is 13.9 Å². The van der Waals surface area contributed by atoms with E-state index in [4.69, 9.17) is 25.0 Å². The van der Waals surface area contributed by atoms with Crippen molar-refractivity contribution in [1.29, 1.82) is 0 Å². The molecule has 0 heterocycles. The van der Waals surface area contributed by atoms with Crippen LogP contribution in [0.15, 0.2) is 30.3 Å². The minimum absolute atomic E-state index is 0. The molecule has 0 unspecified atom stereocenters. The van der Waals surface area contributed by atoms with Crippen molar-refractivity contribution in [2.24, 2.45) is 5.73 Å². The van der Waals surface area contributed by atoms with Crippen LogP contribution >= 0.6 is 7.82 Å². The van der Waals surface area contributed by atoms with Crippen LogP contribution in [0.3, 0.4) is 0 Å². The van der Waals surface area contributed by atoms with Crippen LogP contribution in [-0.2, 0) is 4.57 Å². The summed E-state index contributed by atoms with van der Waals surface area (Å²) in [5, 5.41) is 9.47. The quantitative estimate of drug-likeness (QED) is 0.256. The Morgan fingerprint density at radius 2 is 0.967 bits per heavy atom. The van der Waals surface area contributed by atoms with Gasteiger partial charge in [0, 0.05) is 6.04 Å². The van der Waals surface area contributed by atoms with Gasteiger partial charge in [-0.05, 0) is 12.5 Å². The van der Waals surface area contributed by atoms with E-state index in [0.29, 0.717) is 0 Å². The van der Waals surface area contributed by atoms with Crippen LogP contribution in [0.1, 0.15) is 18.6 Å². The average Bonchev–Trinajstić information content (AvgIpc) is 2.15. The molecule has 0 radical (unpaired) electrons. The molecular formula is C9H38NNa2O17P. The van der Waals surface area contributed by atoms with Gasteiger partial charge in [-0.1, -0.05) is 30.3 Å². The van der Waals surface area contributed by atoms with Gasteiger partial charge in [-0.3, -0.25) is 0 Å². The fraction of sp³-hybridized carbons (Fsp3) is 0.333. The number of hydrogen-bond acceptors (Lipinski definition) is 5. The number of rotatable bonds is 2. The molecule has 0 saturated heterocycles. The van der Waals surface area contributed by atoms with E-state index in [1.807, 2.05) is 30.3 Å². The fourth-order valence-corrected chi connectivity index (χ4v) is 0.954. The number of phosphoric acid groups is 1. The number of nitrogens with two attached hydrogens (primary N) is 1. The molecule has 0 amide bonds. The normalized spacial score (nSPS) is 7.80. The summed E-state index contributed by atoms with van der Waals surface area (Å²) >= 11 is 0. The SMILES string of the molecule is C[C@@H](N)[C@@H](O)c1ccccc1.O.O.O.O.O.O.O.O.O.O.O.O.O=P([O-])([O-])O.[Na+].[Na+]. The number of aliphatic hydroxyl groups is 1. The molecule has 0 aliphatic carbocycles. The Labute approximate surface area is 216 Å². The van der Waals surface area contributed by atoms with Crippen molar-refractivity contribution in [3.05, 3.63) is 35.9 Å². The van der Waals surface area contributed by atoms with Gasteiger partial charge in [0.15, 0.2) is 0 Å². The Morgan fingerprint density at radius 3 is 1.13 bits per heavy atom. The topological polar surface area (TPSA) is 508 Å². The van der Waals surface area contributed by atoms with Crippen molar-refractivity contribution in [3.8, 4) is 0 Å². The molecule has 0 aromatic heterocycles. The predicted octanol–water partition coefficient (Wildman–Crippen LogP) is -17.0. The maximum Gasteiger partial charge on any atom is 1.00 e. The molecule has 188 valence electrons. The van der Waals surface area contributed by atoms with Crippen LogP contribution in [0.25, 0.3) is 0 Å². The van der Waals surface area contributed by atoms with Crippen LogP contribution in [0, 0.1) is 0 Å². The molecule has 18 nitrogen and oxygen atoms in total. The van der Waals surface area contributed by atoms with E-state index >= 15 is 0 Å². The Hall–Kier alpha value is 0.770. The summed E-state index contributed by atoms with van der Waals surface area (Å²) in [6, 6.07) is 9.22. The Balaban J connectivity index is -0.00000000853. The summed E-state index contributed by atoms with van der Waals surface area (Å²) in [6.07, 6.45) is -0.545. The first-order chi connectivity index (χ1) is 7.22. The first-order valence-corrected chi connectivity index (χ1v) is 5.94. The van der Waals surface area contributed by atoms with Gasteiger partial charge in [-0.25, -0.2) is 0 Å². The Morgan fingerprint density at radius 1 is 0.767 bits per heavy atom. The zero-order valence-corrected chi connectivity index (χ0v) is 21.6. The van der Waals surface area contributed by atoms with Crippen LogP contribution in [-0.4, -0.2) is 81.8 Å². The first-order valence-electron chi connectivity index (χ1n) is 4.45. The van der Waals surface area contributed by atoms with E-state index in [2.05, 4.69) is 0 Å². The van der Waals surface area contributed by atoms with Crippen molar-refractivity contribution in [3.63, 3.8) is 0 Å². The zero-order valence-electron chi connectivity index (χ0n) is 16.7. The van der Waals surface area contributed by atoms with Gasteiger partial charge in [0.2, 0.25) is 0 Å². The molecule has 0 fully saturated rings. The summed E-state index contributed by atoms with van der Waals surface area (Å²) < 4.78 is 8.66. The van der Waals surface area contributed by atoms with Crippen LogP contribution in [0.4, 0.5) is 0 Å². The van der Waals surface area contributed by atoms with Crippen molar-refractivity contribution >= 4 is 7.82 Å². The monoisotopic (exact) mass is 509 g/mol. The number of aliphatic hydroxyl groups excluding tert-OH is 1. The molecule has 28 N–H and O–H groups in total. The molecule has 1 aromatic carbocycles. The molecule has 30 heavy (non-hydrogen) atoms. The average molecular weight is 509 g/mol. The summed E-state index contributed by atoms with van der Waals surface area (Å²) in [6.45, 7) is 1.79. The van der Waals surface area contributed by atoms with Crippen LogP contribution in [0.2, 0.25) is 0 Å². The second-order valence-electron chi connectivity index (χ2n) is 3.18. The van der Waals surface area contributed by atoms with Gasteiger partial charge in [-0.15, -0.1) is 0 Å². The summed E-state index contributed by atoms with van der Waals surface area (Å²) in [5.74, 6) is 0. The maximum atomic E-state index is 9.47. The zero-order chi connectivity index (χ0) is 12.8. The maximum absolute atomic E-state index is 9.47. The molecule has 1 aromatic rings. The summed E-state index contributed by atoms with van der Waals surface area (Å²) in [7, 11) is -5.14. The molecule has 21 heteroatoms. The molecule has 0 bridgehead atoms. The van der Waals surface area contributed by atoms with E-state index < -0.39 is 13.9 Å². The van der Waals surface area contributed by atoms with Crippen LogP contribution < -0.4 is 74.6 Å². The largest absolute Gasteiger partial charge is 1.00 e. The van der Waals surface area contributed by atoms with Crippen molar-refractivity contribution < 1.29 is 149 Å². The smallest absolute Gasteiger partial charge is 0.790 e. The van der Waals surface area contributed by atoms with Gasteiger partial charge in [-0.2, -0.15) is 0 Å². The molecule has 0 spiro atoms. The number of benzene rings is 1. The Bertz CT molecular complexity index is 352. The molecular weight excluding hydrogens is 471 g/mol. The molecule has 0 saturated carbocycles. The van der Waals surface area contributed by atoms with Gasteiger partial charge < -0.3 is 95.8 Å². The molecule has 0 aliphatic rings. The van der Waals surface area contributed by atoms with E-state index in [-0.39, 0.29) is 131 Å². The third kappa shape index (κ3) is 78.9. The molecule has 2 atom stereocenters. The number of hydrogen-bond donors (Lipinski definition) is 3. The van der Waals surface area contributed by atoms with Crippen molar-refractivity contribution in [2.75, 3.05) is 0 Å². The van der Waals surface area contributed by atoms with Crippen molar-refractivity contribution in [1.82, 2.24) is 0 Å². The minimum Gasteiger partial charge on any atom is -0.790 e. The van der Waals surface area contributed by atoms with E-state index in [0.717, 1.165) is 5.56 Å². The summed E-state index contributed by atoms with van der Waals surface area (Å²) in [4.78, 5) is 24.3. The second-order valence-corrected chi connectivity index (χ2v) is 4.12. The molecule has 0 aliphatic heterocycles. The third-order valence-corrected chi connectivity index (χ3v) is 1.64. The van der Waals surface area contributed by atoms with Crippen molar-refractivity contribution in [2.45, 2.75) is 19.1 Å². The fourth-order valence-electron chi connectivity index (χ4n) is 0.954. The molecule has 1 rings (SSSR count). The predicted molar refractivity (Wildman–Crippen MR) is 98.2 cm³/mol. The van der Waals surface area contributed by atoms with Crippen LogP contribution in [0.5, 0.6) is 0 Å². The van der Waals surface area contributed by atoms with E-state index in [9.17, 15) is 5.11 Å². The van der Waals surface area contributed by atoms with Gasteiger partial charge in [0.1, 0.15) is 0 Å². The van der Waals surface area contributed by atoms with Gasteiger partial charge in [0.25, 0.3) is 0 Å². The van der Waals surface area contributed by atoms with Gasteiger partial charge >= 0.3 is 59.1 Å². The summed E-state index contributed by atoms with van der Waals surface area (Å²) in [5.41, 5.74) is 6.40. The van der Waals surface area contributed by atoms with E-state index in [1.165, 1.54) is 0 Å². The second kappa shape index (κ2) is 57.1.